The Labute approximate surface area is 217 Å². The maximum absolute atomic E-state index is 13.2. The van der Waals surface area contributed by atoms with Crippen LogP contribution in [0.2, 0.25) is 0 Å². The standard InChI is InChI=1S/C27H35N3O7/c1-17(31)28-21(14-18-8-6-7-9-22(18)34-2)26(32)29-20-10-12-30(13-11-20)27(33)19-15-23(35-3)25(37-5)24(16-19)36-4/h6-9,15-16,20-21H,10-14H2,1-5H3,(H,28,31)(H,29,32). The van der Waals surface area contributed by atoms with Crippen LogP contribution in [0, 0.1) is 0 Å². The number of para-hydroxylation sites is 1. The lowest BCUT2D eigenvalue weighted by Gasteiger charge is -2.33. The number of hydrogen-bond acceptors (Lipinski definition) is 7. The molecule has 2 aromatic carbocycles. The molecule has 3 rings (SSSR count). The van der Waals surface area contributed by atoms with E-state index in [-0.39, 0.29) is 23.8 Å². The number of carbonyl (C=O) groups excluding carboxylic acids is 3. The molecule has 0 aromatic heterocycles. The molecule has 1 unspecified atom stereocenters. The summed E-state index contributed by atoms with van der Waals surface area (Å²) in [7, 11) is 6.08. The second-order valence-electron chi connectivity index (χ2n) is 8.76. The van der Waals surface area contributed by atoms with Crippen molar-refractivity contribution in [2.24, 2.45) is 0 Å². The first kappa shape index (κ1) is 27.6. The van der Waals surface area contributed by atoms with Gasteiger partial charge in [0, 0.05) is 38.0 Å². The molecular weight excluding hydrogens is 478 g/mol. The number of piperidine rings is 1. The summed E-state index contributed by atoms with van der Waals surface area (Å²) in [6.07, 6.45) is 1.47. The fourth-order valence-corrected chi connectivity index (χ4v) is 4.46. The minimum absolute atomic E-state index is 0.120. The Balaban J connectivity index is 1.63. The van der Waals surface area contributed by atoms with E-state index in [0.29, 0.717) is 60.9 Å². The molecule has 1 fully saturated rings. The molecular formula is C27H35N3O7. The van der Waals surface area contributed by atoms with E-state index in [1.165, 1.54) is 28.3 Å². The number of likely N-dealkylation sites (tertiary alicyclic amines) is 1. The number of rotatable bonds is 10. The highest BCUT2D eigenvalue weighted by molar-refractivity contribution is 5.95. The van der Waals surface area contributed by atoms with Gasteiger partial charge in [-0.25, -0.2) is 0 Å². The molecule has 10 heteroatoms. The maximum atomic E-state index is 13.2. The molecule has 1 aliphatic heterocycles. The zero-order chi connectivity index (χ0) is 26.9. The second kappa shape index (κ2) is 12.8. The van der Waals surface area contributed by atoms with Crippen LogP contribution >= 0.6 is 0 Å². The predicted molar refractivity (Wildman–Crippen MR) is 137 cm³/mol. The molecule has 2 N–H and O–H groups in total. The smallest absolute Gasteiger partial charge is 0.254 e. The monoisotopic (exact) mass is 513 g/mol. The normalized spacial score (nSPS) is 14.4. The molecule has 0 aliphatic carbocycles. The first-order chi connectivity index (χ1) is 17.8. The number of benzene rings is 2. The summed E-state index contributed by atoms with van der Waals surface area (Å²) in [4.78, 5) is 39.8. The SMILES string of the molecule is COc1ccccc1CC(NC(C)=O)C(=O)NC1CCN(C(=O)c2cc(OC)c(OC)c(OC)c2)CC1. The van der Waals surface area contributed by atoms with E-state index in [2.05, 4.69) is 10.6 Å². The van der Waals surface area contributed by atoms with Crippen molar-refractivity contribution in [3.8, 4) is 23.0 Å². The first-order valence-electron chi connectivity index (χ1n) is 12.1. The van der Waals surface area contributed by atoms with Gasteiger partial charge in [0.25, 0.3) is 5.91 Å². The Kier molecular flexibility index (Phi) is 9.59. The minimum atomic E-state index is -0.743. The molecule has 1 heterocycles. The summed E-state index contributed by atoms with van der Waals surface area (Å²) >= 11 is 0. The molecule has 200 valence electrons. The molecule has 0 spiro atoms. The van der Waals surface area contributed by atoms with Crippen molar-refractivity contribution < 1.29 is 33.3 Å². The second-order valence-corrected chi connectivity index (χ2v) is 8.76. The Bertz CT molecular complexity index is 1090. The molecule has 1 aliphatic rings. The highest BCUT2D eigenvalue weighted by Gasteiger charge is 2.29. The van der Waals surface area contributed by atoms with Gasteiger partial charge in [-0.2, -0.15) is 0 Å². The highest BCUT2D eigenvalue weighted by atomic mass is 16.5. The van der Waals surface area contributed by atoms with Crippen LogP contribution < -0.4 is 29.6 Å². The Morgan fingerprint density at radius 2 is 1.51 bits per heavy atom. The molecule has 37 heavy (non-hydrogen) atoms. The Morgan fingerprint density at radius 1 is 0.919 bits per heavy atom. The van der Waals surface area contributed by atoms with Crippen LogP contribution in [0.15, 0.2) is 36.4 Å². The van der Waals surface area contributed by atoms with E-state index in [9.17, 15) is 14.4 Å². The summed E-state index contributed by atoms with van der Waals surface area (Å²) < 4.78 is 21.5. The third kappa shape index (κ3) is 6.84. The molecule has 0 bridgehead atoms. The van der Waals surface area contributed by atoms with Crippen LogP contribution in [0.4, 0.5) is 0 Å². The lowest BCUT2D eigenvalue weighted by atomic mass is 10.0. The van der Waals surface area contributed by atoms with Gasteiger partial charge in [-0.3, -0.25) is 14.4 Å². The Morgan fingerprint density at radius 3 is 2.05 bits per heavy atom. The third-order valence-corrected chi connectivity index (χ3v) is 6.35. The molecule has 3 amide bonds. The van der Waals surface area contributed by atoms with Crippen molar-refractivity contribution in [2.75, 3.05) is 41.5 Å². The molecule has 1 atom stereocenters. The van der Waals surface area contributed by atoms with Crippen LogP contribution in [0.1, 0.15) is 35.7 Å². The average molecular weight is 514 g/mol. The summed E-state index contributed by atoms with van der Waals surface area (Å²) in [5, 5.41) is 5.79. The average Bonchev–Trinajstić information content (AvgIpc) is 2.91. The van der Waals surface area contributed by atoms with Gasteiger partial charge in [-0.15, -0.1) is 0 Å². The Hall–Kier alpha value is -3.95. The maximum Gasteiger partial charge on any atom is 0.254 e. The van der Waals surface area contributed by atoms with E-state index in [4.69, 9.17) is 18.9 Å². The predicted octanol–water partition coefficient (Wildman–Crippen LogP) is 2.19. The van der Waals surface area contributed by atoms with Gasteiger partial charge in [0.1, 0.15) is 11.8 Å². The van der Waals surface area contributed by atoms with Crippen molar-refractivity contribution in [1.82, 2.24) is 15.5 Å². The van der Waals surface area contributed by atoms with Crippen LogP contribution in [0.5, 0.6) is 23.0 Å². The topological polar surface area (TPSA) is 115 Å². The van der Waals surface area contributed by atoms with Crippen LogP contribution in [-0.4, -0.2) is 76.2 Å². The summed E-state index contributed by atoms with van der Waals surface area (Å²) in [5.41, 5.74) is 1.25. The zero-order valence-electron chi connectivity index (χ0n) is 22.0. The van der Waals surface area contributed by atoms with Crippen molar-refractivity contribution in [1.29, 1.82) is 0 Å². The molecule has 1 saturated heterocycles. The van der Waals surface area contributed by atoms with Crippen LogP contribution in [0.3, 0.4) is 0 Å². The molecule has 2 aromatic rings. The lowest BCUT2D eigenvalue weighted by Crippen LogP contribution is -2.53. The van der Waals surface area contributed by atoms with Crippen LogP contribution in [0.25, 0.3) is 0 Å². The van der Waals surface area contributed by atoms with E-state index in [1.807, 2.05) is 24.3 Å². The lowest BCUT2D eigenvalue weighted by molar-refractivity contribution is -0.128. The summed E-state index contributed by atoms with van der Waals surface area (Å²) in [6, 6.07) is 9.80. The number of nitrogens with one attached hydrogen (secondary N) is 2. The van der Waals surface area contributed by atoms with Crippen molar-refractivity contribution >= 4 is 17.7 Å². The van der Waals surface area contributed by atoms with Gasteiger partial charge in [0.05, 0.1) is 28.4 Å². The fraction of sp³-hybridized carbons (Fsp3) is 0.444. The largest absolute Gasteiger partial charge is 0.496 e. The first-order valence-corrected chi connectivity index (χ1v) is 12.1. The summed E-state index contributed by atoms with van der Waals surface area (Å²) in [6.45, 7) is 2.32. The van der Waals surface area contributed by atoms with Gasteiger partial charge in [-0.1, -0.05) is 18.2 Å². The van der Waals surface area contributed by atoms with E-state index >= 15 is 0 Å². The van der Waals surface area contributed by atoms with Crippen molar-refractivity contribution in [2.45, 2.75) is 38.3 Å². The van der Waals surface area contributed by atoms with Crippen molar-refractivity contribution in [3.05, 3.63) is 47.5 Å². The van der Waals surface area contributed by atoms with Gasteiger partial charge >= 0.3 is 0 Å². The number of hydrogen-bond donors (Lipinski definition) is 2. The summed E-state index contributed by atoms with van der Waals surface area (Å²) in [5.74, 6) is 1.18. The fourth-order valence-electron chi connectivity index (χ4n) is 4.46. The quantitative estimate of drug-likeness (QED) is 0.500. The number of carbonyl (C=O) groups is 3. The highest BCUT2D eigenvalue weighted by Crippen LogP contribution is 2.38. The van der Waals surface area contributed by atoms with Crippen molar-refractivity contribution in [3.63, 3.8) is 0 Å². The van der Waals surface area contributed by atoms with E-state index in [1.54, 1.807) is 24.1 Å². The van der Waals surface area contributed by atoms with E-state index in [0.717, 1.165) is 5.56 Å². The zero-order valence-corrected chi connectivity index (χ0v) is 22.0. The van der Waals surface area contributed by atoms with Gasteiger partial charge < -0.3 is 34.5 Å². The molecule has 10 nitrogen and oxygen atoms in total. The molecule has 0 saturated carbocycles. The van der Waals surface area contributed by atoms with Gasteiger partial charge in [-0.05, 0) is 36.6 Å². The number of nitrogens with zero attached hydrogens (tertiary/aromatic N) is 1. The molecule has 0 radical (unpaired) electrons. The minimum Gasteiger partial charge on any atom is -0.496 e. The van der Waals surface area contributed by atoms with Gasteiger partial charge in [0.15, 0.2) is 11.5 Å². The number of ether oxygens (including phenoxy) is 4. The number of methoxy groups -OCH3 is 4. The number of amides is 3. The third-order valence-electron chi connectivity index (χ3n) is 6.35. The van der Waals surface area contributed by atoms with Crippen LogP contribution in [-0.2, 0) is 16.0 Å². The van der Waals surface area contributed by atoms with E-state index < -0.39 is 6.04 Å². The van der Waals surface area contributed by atoms with Gasteiger partial charge in [0.2, 0.25) is 17.6 Å².